The highest BCUT2D eigenvalue weighted by Crippen LogP contribution is 2.35. The van der Waals surface area contributed by atoms with E-state index in [1.807, 2.05) is 30.3 Å². The van der Waals surface area contributed by atoms with E-state index in [0.717, 1.165) is 11.3 Å². The molecule has 0 unspecified atom stereocenters. The van der Waals surface area contributed by atoms with E-state index in [4.69, 9.17) is 0 Å². The van der Waals surface area contributed by atoms with Crippen LogP contribution in [0.1, 0.15) is 18.5 Å². The van der Waals surface area contributed by atoms with Gasteiger partial charge in [-0.15, -0.1) is 0 Å². The van der Waals surface area contributed by atoms with Gasteiger partial charge in [0.2, 0.25) is 15.9 Å². The van der Waals surface area contributed by atoms with E-state index >= 15 is 0 Å². The lowest BCUT2D eigenvalue weighted by Crippen LogP contribution is -2.47. The number of nitrogens with one attached hydrogen (secondary N) is 1. The molecule has 1 aromatic carbocycles. The monoisotopic (exact) mass is 328 g/mol. The minimum absolute atomic E-state index is 0.0792. The number of hydrogen-bond donors (Lipinski definition) is 1. The average Bonchev–Trinajstić information content (AvgIpc) is 2.47. The molecule has 1 aromatic rings. The fourth-order valence-electron chi connectivity index (χ4n) is 2.52. The molecular formula is C14H20N2O3S2. The van der Waals surface area contributed by atoms with Crippen molar-refractivity contribution in [3.8, 4) is 0 Å². The quantitative estimate of drug-likeness (QED) is 0.903. The number of hydrogen-bond acceptors (Lipinski definition) is 4. The zero-order chi connectivity index (χ0) is 15.5. The van der Waals surface area contributed by atoms with Crippen LogP contribution in [0.4, 0.5) is 0 Å². The predicted octanol–water partition coefficient (Wildman–Crippen LogP) is 1.24. The lowest BCUT2D eigenvalue weighted by Gasteiger charge is -2.40. The highest BCUT2D eigenvalue weighted by Gasteiger charge is 2.34. The minimum atomic E-state index is -3.54. The van der Waals surface area contributed by atoms with E-state index < -0.39 is 15.8 Å². The maximum absolute atomic E-state index is 12.4. The Morgan fingerprint density at radius 1 is 1.38 bits per heavy atom. The number of rotatable bonds is 4. The van der Waals surface area contributed by atoms with Gasteiger partial charge in [0.15, 0.2) is 0 Å². The highest BCUT2D eigenvalue weighted by atomic mass is 32.2. The first-order valence-corrected chi connectivity index (χ1v) is 9.52. The van der Waals surface area contributed by atoms with Gasteiger partial charge in [-0.3, -0.25) is 4.79 Å². The summed E-state index contributed by atoms with van der Waals surface area (Å²) in [6.07, 6.45) is 0. The van der Waals surface area contributed by atoms with Crippen LogP contribution in [-0.2, 0) is 14.8 Å². The van der Waals surface area contributed by atoms with Gasteiger partial charge in [-0.1, -0.05) is 37.3 Å². The molecule has 7 heteroatoms. The van der Waals surface area contributed by atoms with Crippen molar-refractivity contribution in [3.05, 3.63) is 35.9 Å². The molecule has 1 heterocycles. The summed E-state index contributed by atoms with van der Waals surface area (Å²) < 4.78 is 25.4. The van der Waals surface area contributed by atoms with Crippen molar-refractivity contribution in [2.24, 2.45) is 0 Å². The zero-order valence-corrected chi connectivity index (χ0v) is 13.8. The van der Waals surface area contributed by atoms with Gasteiger partial charge in [-0.25, -0.2) is 13.1 Å². The summed E-state index contributed by atoms with van der Waals surface area (Å²) in [6.45, 7) is 2.65. The molecule has 5 nitrogen and oxygen atoms in total. The SMILES string of the molecule is CNS(=O)(=O)CC(=O)N1CCS[C@H](C)[C@@H]1c1ccccc1. The third-order valence-corrected chi connectivity index (χ3v) is 6.03. The summed E-state index contributed by atoms with van der Waals surface area (Å²) in [5.74, 6) is -0.00887. The zero-order valence-electron chi connectivity index (χ0n) is 12.2. The van der Waals surface area contributed by atoms with Crippen LogP contribution in [0.15, 0.2) is 30.3 Å². The molecule has 0 bridgehead atoms. The van der Waals surface area contributed by atoms with Crippen molar-refractivity contribution >= 4 is 27.7 Å². The Morgan fingerprint density at radius 2 is 2.05 bits per heavy atom. The van der Waals surface area contributed by atoms with Crippen molar-refractivity contribution in [3.63, 3.8) is 0 Å². The van der Waals surface area contributed by atoms with Gasteiger partial charge in [0.05, 0.1) is 6.04 Å². The van der Waals surface area contributed by atoms with Crippen molar-refractivity contribution in [2.45, 2.75) is 18.2 Å². The van der Waals surface area contributed by atoms with E-state index in [2.05, 4.69) is 11.6 Å². The van der Waals surface area contributed by atoms with Crippen LogP contribution in [0.3, 0.4) is 0 Å². The van der Waals surface area contributed by atoms with Gasteiger partial charge in [-0.2, -0.15) is 11.8 Å². The second-order valence-electron chi connectivity index (χ2n) is 4.98. The molecule has 0 saturated carbocycles. The van der Waals surface area contributed by atoms with Crippen LogP contribution in [0.2, 0.25) is 0 Å². The molecule has 1 saturated heterocycles. The Hall–Kier alpha value is -1.05. The van der Waals surface area contributed by atoms with Crippen molar-refractivity contribution < 1.29 is 13.2 Å². The summed E-state index contributed by atoms with van der Waals surface area (Å²) in [4.78, 5) is 14.1. The lowest BCUT2D eigenvalue weighted by atomic mass is 10.0. The first-order chi connectivity index (χ1) is 9.94. The lowest BCUT2D eigenvalue weighted by molar-refractivity contribution is -0.130. The second kappa shape index (κ2) is 6.81. The number of amides is 1. The first-order valence-electron chi connectivity index (χ1n) is 6.82. The van der Waals surface area contributed by atoms with E-state index in [0.29, 0.717) is 6.54 Å². The summed E-state index contributed by atoms with van der Waals surface area (Å²) in [5.41, 5.74) is 1.05. The first kappa shape index (κ1) is 16.3. The third-order valence-electron chi connectivity index (χ3n) is 3.58. The van der Waals surface area contributed by atoms with Crippen molar-refractivity contribution in [1.29, 1.82) is 0 Å². The normalized spacial score (nSPS) is 23.0. The smallest absolute Gasteiger partial charge is 0.239 e. The van der Waals surface area contributed by atoms with Gasteiger partial charge in [0.25, 0.3) is 0 Å². The molecule has 116 valence electrons. The molecule has 2 atom stereocenters. The molecule has 21 heavy (non-hydrogen) atoms. The number of benzene rings is 1. The van der Waals surface area contributed by atoms with Crippen LogP contribution < -0.4 is 4.72 Å². The Morgan fingerprint density at radius 3 is 2.67 bits per heavy atom. The summed E-state index contributed by atoms with van der Waals surface area (Å²) in [5, 5.41) is 0.238. The van der Waals surface area contributed by atoms with Crippen molar-refractivity contribution in [2.75, 3.05) is 25.1 Å². The molecule has 2 rings (SSSR count). The standard InChI is InChI=1S/C14H20N2O3S2/c1-11-14(12-6-4-3-5-7-12)16(8-9-20-11)13(17)10-21(18,19)15-2/h3-7,11,14-15H,8-10H2,1-2H3/t11-,14-/m1/s1. The number of nitrogens with zero attached hydrogens (tertiary/aromatic N) is 1. The van der Waals surface area contributed by atoms with Crippen LogP contribution >= 0.6 is 11.8 Å². The van der Waals surface area contributed by atoms with Crippen LogP contribution in [0, 0.1) is 0 Å². The molecule has 0 aromatic heterocycles. The van der Waals surface area contributed by atoms with Crippen molar-refractivity contribution in [1.82, 2.24) is 9.62 Å². The number of thioether (sulfide) groups is 1. The summed E-state index contributed by atoms with van der Waals surface area (Å²) in [7, 11) is -2.21. The van der Waals surface area contributed by atoms with Gasteiger partial charge in [0, 0.05) is 17.5 Å². The summed E-state index contributed by atoms with van der Waals surface area (Å²) >= 11 is 1.81. The van der Waals surface area contributed by atoms with Gasteiger partial charge in [0.1, 0.15) is 5.75 Å². The van der Waals surface area contributed by atoms with E-state index in [1.54, 1.807) is 16.7 Å². The fourth-order valence-corrected chi connectivity index (χ4v) is 4.31. The van der Waals surface area contributed by atoms with Gasteiger partial charge in [-0.05, 0) is 12.6 Å². The second-order valence-corrected chi connectivity index (χ2v) is 8.39. The minimum Gasteiger partial charge on any atom is -0.333 e. The molecule has 1 aliphatic heterocycles. The number of carbonyl (C=O) groups excluding carboxylic acids is 1. The van der Waals surface area contributed by atoms with Crippen LogP contribution in [0.5, 0.6) is 0 Å². The maximum atomic E-state index is 12.4. The summed E-state index contributed by atoms with van der Waals surface area (Å²) in [6, 6.07) is 9.70. The largest absolute Gasteiger partial charge is 0.333 e. The molecule has 0 radical (unpaired) electrons. The molecule has 1 amide bonds. The van der Waals surface area contributed by atoms with Crippen LogP contribution in [-0.4, -0.2) is 49.6 Å². The average molecular weight is 328 g/mol. The van der Waals surface area contributed by atoms with E-state index in [-0.39, 0.29) is 17.2 Å². The molecule has 1 fully saturated rings. The number of sulfonamides is 1. The Labute approximate surface area is 130 Å². The van der Waals surface area contributed by atoms with Gasteiger partial charge >= 0.3 is 0 Å². The molecule has 0 aliphatic carbocycles. The van der Waals surface area contributed by atoms with Crippen LogP contribution in [0.25, 0.3) is 0 Å². The van der Waals surface area contributed by atoms with E-state index in [1.165, 1.54) is 7.05 Å². The highest BCUT2D eigenvalue weighted by molar-refractivity contribution is 8.00. The topological polar surface area (TPSA) is 66.5 Å². The fraction of sp³-hybridized carbons (Fsp3) is 0.500. The van der Waals surface area contributed by atoms with Gasteiger partial charge < -0.3 is 4.90 Å². The molecule has 0 spiro atoms. The third kappa shape index (κ3) is 3.99. The molecule has 1 N–H and O–H groups in total. The predicted molar refractivity (Wildman–Crippen MR) is 85.7 cm³/mol. The van der Waals surface area contributed by atoms with E-state index in [9.17, 15) is 13.2 Å². The molecular weight excluding hydrogens is 308 g/mol. The Kier molecular flexibility index (Phi) is 5.29. The molecule has 1 aliphatic rings. The Bertz CT molecular complexity index is 589. The maximum Gasteiger partial charge on any atom is 0.239 e. The number of carbonyl (C=O) groups is 1. The Balaban J connectivity index is 2.25.